The molecule has 1 aromatic rings. The van der Waals surface area contributed by atoms with E-state index in [0.717, 1.165) is 18.8 Å². The molecule has 1 aliphatic rings. The minimum atomic E-state index is -0.786. The average molecular weight is 247 g/mol. The highest BCUT2D eigenvalue weighted by Gasteiger charge is 2.18. The van der Waals surface area contributed by atoms with Gasteiger partial charge in [-0.3, -0.25) is 4.79 Å². The number of ether oxygens (including phenoxy) is 1. The number of esters is 1. The molecule has 1 saturated heterocycles. The third-order valence-electron chi connectivity index (χ3n) is 3.06. The van der Waals surface area contributed by atoms with Crippen molar-refractivity contribution in [3.63, 3.8) is 0 Å². The van der Waals surface area contributed by atoms with E-state index in [0.29, 0.717) is 5.56 Å². The van der Waals surface area contributed by atoms with Crippen LogP contribution in [0.5, 0.6) is 0 Å². The fraction of sp³-hybridized carbons (Fsp3) is 0.429. The molecule has 1 aromatic carbocycles. The second-order valence-electron chi connectivity index (χ2n) is 4.29. The van der Waals surface area contributed by atoms with Crippen molar-refractivity contribution in [1.82, 2.24) is 0 Å². The molecule has 0 radical (unpaired) electrons. The fourth-order valence-electron chi connectivity index (χ4n) is 2.11. The highest BCUT2D eigenvalue weighted by atomic mass is 16.5. The molecule has 0 N–H and O–H groups in total. The Kier molecular flexibility index (Phi) is 3.97. The molecule has 4 nitrogen and oxygen atoms in total. The number of benzene rings is 1. The van der Waals surface area contributed by atoms with Crippen LogP contribution in [0.2, 0.25) is 0 Å². The first kappa shape index (κ1) is 12.6. The van der Waals surface area contributed by atoms with E-state index >= 15 is 0 Å². The number of nitrogens with zero attached hydrogens (tertiary/aromatic N) is 1. The lowest BCUT2D eigenvalue weighted by atomic mass is 10.1. The van der Waals surface area contributed by atoms with Crippen LogP contribution < -0.4 is 4.90 Å². The predicted molar refractivity (Wildman–Crippen MR) is 68.9 cm³/mol. The minimum Gasteiger partial charge on any atom is -0.460 e. The normalized spacial score (nSPS) is 14.6. The molecular formula is C14H17NO3. The van der Waals surface area contributed by atoms with E-state index in [-0.39, 0.29) is 6.61 Å². The second-order valence-corrected chi connectivity index (χ2v) is 4.29. The first-order valence-corrected chi connectivity index (χ1v) is 6.29. The second kappa shape index (κ2) is 5.67. The van der Waals surface area contributed by atoms with Crippen LogP contribution in [0.3, 0.4) is 0 Å². The van der Waals surface area contributed by atoms with Crippen LogP contribution in [-0.2, 0) is 9.53 Å². The van der Waals surface area contributed by atoms with Crippen molar-refractivity contribution in [3.8, 4) is 0 Å². The average Bonchev–Trinajstić information content (AvgIpc) is 2.92. The summed E-state index contributed by atoms with van der Waals surface area (Å²) in [6.45, 7) is 4.02. The van der Waals surface area contributed by atoms with Crippen LogP contribution in [-0.4, -0.2) is 31.4 Å². The maximum Gasteiger partial charge on any atom is 0.379 e. The first-order valence-electron chi connectivity index (χ1n) is 6.29. The maximum atomic E-state index is 11.7. The van der Waals surface area contributed by atoms with Crippen LogP contribution in [0.15, 0.2) is 24.3 Å². The van der Waals surface area contributed by atoms with Gasteiger partial charge in [0.2, 0.25) is 0 Å². The third-order valence-corrected chi connectivity index (χ3v) is 3.06. The van der Waals surface area contributed by atoms with Crippen molar-refractivity contribution in [2.24, 2.45) is 0 Å². The van der Waals surface area contributed by atoms with Gasteiger partial charge in [-0.15, -0.1) is 0 Å². The number of anilines is 1. The highest BCUT2D eigenvalue weighted by molar-refractivity contribution is 6.40. The zero-order chi connectivity index (χ0) is 13.0. The van der Waals surface area contributed by atoms with Crippen molar-refractivity contribution in [3.05, 3.63) is 29.8 Å². The number of Topliss-reactive ketones (excluding diaryl/α,β-unsaturated/α-hetero) is 1. The van der Waals surface area contributed by atoms with Gasteiger partial charge in [-0.05, 0) is 44.0 Å². The number of hydrogen-bond acceptors (Lipinski definition) is 4. The summed E-state index contributed by atoms with van der Waals surface area (Å²) in [5.41, 5.74) is 1.49. The van der Waals surface area contributed by atoms with Gasteiger partial charge in [0.1, 0.15) is 0 Å². The van der Waals surface area contributed by atoms with E-state index in [1.54, 1.807) is 19.1 Å². The lowest BCUT2D eigenvalue weighted by Gasteiger charge is -2.17. The summed E-state index contributed by atoms with van der Waals surface area (Å²) in [7, 11) is 0. The van der Waals surface area contributed by atoms with Gasteiger partial charge in [0.15, 0.2) is 0 Å². The number of carbonyl (C=O) groups is 2. The van der Waals surface area contributed by atoms with Gasteiger partial charge in [0.25, 0.3) is 5.78 Å². The highest BCUT2D eigenvalue weighted by Crippen LogP contribution is 2.20. The molecule has 4 heteroatoms. The molecule has 2 rings (SSSR count). The summed E-state index contributed by atoms with van der Waals surface area (Å²) in [5.74, 6) is -1.36. The Balaban J connectivity index is 2.07. The van der Waals surface area contributed by atoms with Crippen molar-refractivity contribution in [2.45, 2.75) is 19.8 Å². The van der Waals surface area contributed by atoms with E-state index in [9.17, 15) is 9.59 Å². The molecule has 0 bridgehead atoms. The lowest BCUT2D eigenvalue weighted by Crippen LogP contribution is -2.19. The van der Waals surface area contributed by atoms with E-state index in [1.165, 1.54) is 12.8 Å². The number of hydrogen-bond donors (Lipinski definition) is 0. The summed E-state index contributed by atoms with van der Waals surface area (Å²) in [5, 5.41) is 0. The Morgan fingerprint density at radius 3 is 2.33 bits per heavy atom. The van der Waals surface area contributed by atoms with Crippen molar-refractivity contribution in [1.29, 1.82) is 0 Å². The zero-order valence-electron chi connectivity index (χ0n) is 10.5. The summed E-state index contributed by atoms with van der Waals surface area (Å²) in [6.07, 6.45) is 2.42. The monoisotopic (exact) mass is 247 g/mol. The largest absolute Gasteiger partial charge is 0.460 e. The summed E-state index contributed by atoms with van der Waals surface area (Å²) >= 11 is 0. The van der Waals surface area contributed by atoms with E-state index in [2.05, 4.69) is 9.64 Å². The van der Waals surface area contributed by atoms with Crippen LogP contribution in [0, 0.1) is 0 Å². The predicted octanol–water partition coefficient (Wildman–Crippen LogP) is 2.03. The van der Waals surface area contributed by atoms with E-state index in [4.69, 9.17) is 0 Å². The molecule has 1 aliphatic heterocycles. The smallest absolute Gasteiger partial charge is 0.379 e. The maximum absolute atomic E-state index is 11.7. The molecule has 1 fully saturated rings. The third kappa shape index (κ3) is 2.70. The molecule has 18 heavy (non-hydrogen) atoms. The van der Waals surface area contributed by atoms with Gasteiger partial charge < -0.3 is 9.64 Å². The molecule has 0 unspecified atom stereocenters. The van der Waals surface area contributed by atoms with Gasteiger partial charge in [0, 0.05) is 24.3 Å². The van der Waals surface area contributed by atoms with E-state index < -0.39 is 11.8 Å². The topological polar surface area (TPSA) is 46.6 Å². The van der Waals surface area contributed by atoms with Crippen molar-refractivity contribution >= 4 is 17.4 Å². The molecule has 0 atom stereocenters. The Bertz CT molecular complexity index is 433. The number of rotatable bonds is 4. The SMILES string of the molecule is CCOC(=O)C(=O)c1ccc(N2CCCC2)cc1. The Labute approximate surface area is 107 Å². The fourth-order valence-corrected chi connectivity index (χ4v) is 2.11. The number of carbonyl (C=O) groups excluding carboxylic acids is 2. The summed E-state index contributed by atoms with van der Waals surface area (Å²) in [6, 6.07) is 7.15. The molecular weight excluding hydrogens is 230 g/mol. The molecule has 1 heterocycles. The Hall–Kier alpha value is -1.84. The van der Waals surface area contributed by atoms with Crippen molar-refractivity contribution in [2.75, 3.05) is 24.6 Å². The molecule has 0 amide bonds. The zero-order valence-corrected chi connectivity index (χ0v) is 10.5. The summed E-state index contributed by atoms with van der Waals surface area (Å²) in [4.78, 5) is 25.3. The van der Waals surface area contributed by atoms with Gasteiger partial charge in [-0.1, -0.05) is 0 Å². The standard InChI is InChI=1S/C14H17NO3/c1-2-18-14(17)13(16)11-5-7-12(8-6-11)15-9-3-4-10-15/h5-8H,2-4,9-10H2,1H3. The van der Waals surface area contributed by atoms with Gasteiger partial charge in [-0.25, -0.2) is 4.79 Å². The Morgan fingerprint density at radius 2 is 1.78 bits per heavy atom. The van der Waals surface area contributed by atoms with Crippen molar-refractivity contribution < 1.29 is 14.3 Å². The van der Waals surface area contributed by atoms with Gasteiger partial charge in [-0.2, -0.15) is 0 Å². The van der Waals surface area contributed by atoms with Gasteiger partial charge in [0.05, 0.1) is 6.61 Å². The number of ketones is 1. The van der Waals surface area contributed by atoms with Gasteiger partial charge >= 0.3 is 5.97 Å². The molecule has 0 spiro atoms. The van der Waals surface area contributed by atoms with Crippen LogP contribution in [0.4, 0.5) is 5.69 Å². The molecule has 0 aliphatic carbocycles. The van der Waals surface area contributed by atoms with Crippen LogP contribution >= 0.6 is 0 Å². The molecule has 96 valence electrons. The lowest BCUT2D eigenvalue weighted by molar-refractivity contribution is -0.137. The quantitative estimate of drug-likeness (QED) is 0.464. The molecule has 0 aromatic heterocycles. The van der Waals surface area contributed by atoms with E-state index in [1.807, 2.05) is 12.1 Å². The minimum absolute atomic E-state index is 0.219. The molecule has 0 saturated carbocycles. The van der Waals surface area contributed by atoms with Crippen LogP contribution in [0.1, 0.15) is 30.1 Å². The Morgan fingerprint density at radius 1 is 1.17 bits per heavy atom. The van der Waals surface area contributed by atoms with Crippen LogP contribution in [0.25, 0.3) is 0 Å². The summed E-state index contributed by atoms with van der Waals surface area (Å²) < 4.78 is 4.69. The first-order chi connectivity index (χ1) is 8.72.